The highest BCUT2D eigenvalue weighted by molar-refractivity contribution is 7.50. The van der Waals surface area contributed by atoms with Gasteiger partial charge in [0, 0.05) is 36.3 Å². The first kappa shape index (κ1) is 30.6. The van der Waals surface area contributed by atoms with Crippen LogP contribution in [0.15, 0.2) is 0 Å². The van der Waals surface area contributed by atoms with Crippen molar-refractivity contribution in [2.45, 2.75) is 119 Å². The molecule has 0 rings (SSSR count). The molecule has 0 unspecified atom stereocenters. The Morgan fingerprint density at radius 1 is 0.500 bits per heavy atom. The van der Waals surface area contributed by atoms with E-state index in [1.165, 1.54) is 4.91 Å². The molecule has 0 saturated carbocycles. The fourth-order valence-corrected chi connectivity index (χ4v) is 6.58. The molecule has 0 aliphatic heterocycles. The molecular formula is C18H43ClN6P-. The molecule has 8 heteroatoms. The smallest absolute Gasteiger partial charge is 0.121 e. The molecule has 0 spiro atoms. The van der Waals surface area contributed by atoms with Crippen molar-refractivity contribution in [3.8, 4) is 0 Å². The topological polar surface area (TPSA) is 68.4 Å². The van der Waals surface area contributed by atoms with Crippen molar-refractivity contribution in [2.75, 3.05) is 0 Å². The minimum absolute atomic E-state index is 0. The highest BCUT2D eigenvalue weighted by Crippen LogP contribution is 2.54. The van der Waals surface area contributed by atoms with Gasteiger partial charge in [-0.05, 0) is 83.1 Å². The zero-order valence-corrected chi connectivity index (χ0v) is 20.7. The molecule has 0 bridgehead atoms. The summed E-state index contributed by atoms with van der Waals surface area (Å²) in [4.78, 5) is 1.50. The first-order valence-corrected chi connectivity index (χ1v) is 10.7. The molecule has 0 aliphatic rings. The zero-order valence-electron chi connectivity index (χ0n) is 19.0. The van der Waals surface area contributed by atoms with Gasteiger partial charge in [0.15, 0.2) is 0 Å². The average Bonchev–Trinajstić information content (AvgIpc) is 2.36. The Balaban J connectivity index is -0.00000123. The second-order valence-corrected chi connectivity index (χ2v) is 9.98. The lowest BCUT2D eigenvalue weighted by Gasteiger charge is -2.53. The molecule has 158 valence electrons. The van der Waals surface area contributed by atoms with E-state index in [0.717, 1.165) is 0 Å². The molecular weight excluding hydrogens is 367 g/mol. The third kappa shape index (κ3) is 9.73. The highest BCUT2D eigenvalue weighted by Gasteiger charge is 2.39. The van der Waals surface area contributed by atoms with Gasteiger partial charge in [-0.15, -0.1) is 12.4 Å². The van der Waals surface area contributed by atoms with Gasteiger partial charge in [0.1, 0.15) is 8.37 Å². The second kappa shape index (κ2) is 14.9. The Morgan fingerprint density at radius 3 is 0.692 bits per heavy atom. The van der Waals surface area contributed by atoms with Crippen molar-refractivity contribution in [2.24, 2.45) is 0 Å². The third-order valence-electron chi connectivity index (χ3n) is 3.79. The van der Waals surface area contributed by atoms with Crippen LogP contribution in [-0.2, 0) is 0 Å². The summed E-state index contributed by atoms with van der Waals surface area (Å²) in [6, 6.07) is 3.28. The van der Waals surface area contributed by atoms with Gasteiger partial charge >= 0.3 is 0 Å². The van der Waals surface area contributed by atoms with Crippen molar-refractivity contribution in [1.29, 1.82) is 0 Å². The number of nitrogens with zero attached hydrogens (tertiary/aromatic N) is 6. The van der Waals surface area contributed by atoms with Crippen LogP contribution in [0.2, 0.25) is 0 Å². The fraction of sp³-hybridized carbons (Fsp3) is 1.00. The van der Waals surface area contributed by atoms with Crippen LogP contribution in [0.1, 0.15) is 83.1 Å². The normalized spacial score (nSPS) is 12.1. The summed E-state index contributed by atoms with van der Waals surface area (Å²) >= 11 is 0. The van der Waals surface area contributed by atoms with E-state index >= 15 is 0 Å². The summed E-state index contributed by atoms with van der Waals surface area (Å²) in [6.45, 7) is 28.1. The summed E-state index contributed by atoms with van der Waals surface area (Å²) in [6.07, 6.45) is 0. The second-order valence-electron chi connectivity index (χ2n) is 8.06. The standard InChI is InChI=1S/C18H42N3P.ClH.N3/c1-13(2)19(14(3)4)22(20(15(5)6)16(7)8)21(17(9)10)18(11)12;;1-3-2/h13-18H,1-12H3;1H;/q;;-1. The van der Waals surface area contributed by atoms with Crippen LogP contribution in [0.4, 0.5) is 0 Å². The maximum atomic E-state index is 6.75. The van der Waals surface area contributed by atoms with Crippen molar-refractivity contribution in [1.82, 2.24) is 14.0 Å². The molecule has 0 atom stereocenters. The summed E-state index contributed by atoms with van der Waals surface area (Å²) in [7, 11) is -0.488. The van der Waals surface area contributed by atoms with E-state index in [9.17, 15) is 0 Å². The van der Waals surface area contributed by atoms with Crippen LogP contribution in [0, 0.1) is 0 Å². The Labute approximate surface area is 170 Å². The molecule has 0 radical (unpaired) electrons. The van der Waals surface area contributed by atoms with E-state index in [1.807, 2.05) is 0 Å². The summed E-state index contributed by atoms with van der Waals surface area (Å²) in [5, 5.41) is 0. The molecule has 0 aromatic heterocycles. The van der Waals surface area contributed by atoms with Gasteiger partial charge in [-0.2, -0.15) is 0 Å². The quantitative estimate of drug-likeness (QED) is 0.181. The van der Waals surface area contributed by atoms with Gasteiger partial charge < -0.3 is 11.1 Å². The molecule has 0 aliphatic carbocycles. The SMILES string of the molecule is CC(C)N(C(C)C)P(N(C(C)C)C(C)C)N(C(C)C)C(C)C.Cl.[N-]=[N+]=[N-]. The van der Waals surface area contributed by atoms with Crippen LogP contribution in [-0.4, -0.2) is 50.3 Å². The molecule has 0 heterocycles. The van der Waals surface area contributed by atoms with Gasteiger partial charge in [0.05, 0.1) is 0 Å². The highest BCUT2D eigenvalue weighted by atomic mass is 35.5. The Bertz CT molecular complexity index is 310. The van der Waals surface area contributed by atoms with E-state index in [0.29, 0.717) is 36.3 Å². The van der Waals surface area contributed by atoms with Gasteiger partial charge in [0.25, 0.3) is 0 Å². The number of hydrogen-bond acceptors (Lipinski definition) is 3. The summed E-state index contributed by atoms with van der Waals surface area (Å²) < 4.78 is 8.19. The largest absolute Gasteiger partial charge is 0.373 e. The Hall–Kier alpha value is -0.0900. The Kier molecular flexibility index (Phi) is 17.6. The lowest BCUT2D eigenvalue weighted by Crippen LogP contribution is -2.50. The first-order chi connectivity index (χ1) is 11.3. The van der Waals surface area contributed by atoms with Crippen molar-refractivity contribution in [3.63, 3.8) is 0 Å². The van der Waals surface area contributed by atoms with E-state index in [4.69, 9.17) is 11.1 Å². The van der Waals surface area contributed by atoms with E-state index in [2.05, 4.69) is 97.1 Å². The predicted molar refractivity (Wildman–Crippen MR) is 121 cm³/mol. The Morgan fingerprint density at radius 2 is 0.615 bits per heavy atom. The maximum absolute atomic E-state index is 6.75. The van der Waals surface area contributed by atoms with Crippen molar-refractivity contribution >= 4 is 20.8 Å². The maximum Gasteiger partial charge on any atom is 0.121 e. The lowest BCUT2D eigenvalue weighted by atomic mass is 10.3. The number of halogens is 1. The monoisotopic (exact) mass is 409 g/mol. The molecule has 6 nitrogen and oxygen atoms in total. The zero-order chi connectivity index (χ0) is 20.5. The molecule has 0 aromatic carbocycles. The molecule has 0 aromatic rings. The summed E-state index contributed by atoms with van der Waals surface area (Å²) in [5.41, 5.74) is 13.5. The van der Waals surface area contributed by atoms with Crippen LogP contribution in [0.5, 0.6) is 0 Å². The van der Waals surface area contributed by atoms with Gasteiger partial charge in [-0.25, -0.2) is 0 Å². The molecule has 0 N–H and O–H groups in total. The first-order valence-electron chi connectivity index (χ1n) is 9.48. The van der Waals surface area contributed by atoms with E-state index < -0.39 is 8.37 Å². The van der Waals surface area contributed by atoms with Gasteiger partial charge in [-0.1, -0.05) is 0 Å². The van der Waals surface area contributed by atoms with Crippen LogP contribution in [0.25, 0.3) is 16.0 Å². The number of rotatable bonds is 9. The van der Waals surface area contributed by atoms with Crippen LogP contribution in [0.3, 0.4) is 0 Å². The van der Waals surface area contributed by atoms with Crippen LogP contribution >= 0.6 is 20.8 Å². The predicted octanol–water partition coefficient (Wildman–Crippen LogP) is 6.86. The molecule has 0 saturated heterocycles. The summed E-state index contributed by atoms with van der Waals surface area (Å²) in [5.74, 6) is 0. The van der Waals surface area contributed by atoms with Gasteiger partial charge in [-0.3, -0.25) is 18.9 Å². The van der Waals surface area contributed by atoms with Crippen molar-refractivity contribution in [3.05, 3.63) is 16.0 Å². The molecule has 0 amide bonds. The van der Waals surface area contributed by atoms with Crippen molar-refractivity contribution < 1.29 is 0 Å². The van der Waals surface area contributed by atoms with Crippen LogP contribution < -0.4 is 0 Å². The third-order valence-corrected chi connectivity index (χ3v) is 7.80. The fourth-order valence-electron chi connectivity index (χ4n) is 3.39. The van der Waals surface area contributed by atoms with E-state index in [-0.39, 0.29) is 12.4 Å². The minimum atomic E-state index is -0.488. The average molecular weight is 410 g/mol. The van der Waals surface area contributed by atoms with Gasteiger partial charge in [0.2, 0.25) is 0 Å². The van der Waals surface area contributed by atoms with E-state index in [1.54, 1.807) is 0 Å². The molecule has 0 fully saturated rings. The molecule has 26 heavy (non-hydrogen) atoms. The number of hydrogen-bond donors (Lipinski definition) is 0. The lowest BCUT2D eigenvalue weighted by molar-refractivity contribution is 0.197. The minimum Gasteiger partial charge on any atom is -0.373 e.